The lowest BCUT2D eigenvalue weighted by molar-refractivity contribution is -0.120. The number of rotatable bonds is 5. The van der Waals surface area contributed by atoms with Gasteiger partial charge in [-0.25, -0.2) is 4.98 Å². The molecular weight excluding hydrogens is 378 g/mol. The minimum Gasteiger partial charge on any atom is -0.352 e. The minimum absolute atomic E-state index is 0.00184. The quantitative estimate of drug-likeness (QED) is 0.598. The van der Waals surface area contributed by atoms with Gasteiger partial charge in [-0.05, 0) is 44.6 Å². The zero-order chi connectivity index (χ0) is 19.7. The van der Waals surface area contributed by atoms with E-state index in [0.717, 1.165) is 27.1 Å². The van der Waals surface area contributed by atoms with Crippen molar-refractivity contribution >= 4 is 39.2 Å². The van der Waals surface area contributed by atoms with E-state index >= 15 is 0 Å². The van der Waals surface area contributed by atoms with Crippen LogP contribution < -0.4 is 10.9 Å². The van der Waals surface area contributed by atoms with Gasteiger partial charge in [0.25, 0.3) is 5.56 Å². The number of carbonyl (C=O) groups excluding carboxylic acids is 1. The van der Waals surface area contributed by atoms with Crippen LogP contribution in [0.4, 0.5) is 0 Å². The smallest absolute Gasteiger partial charge is 0.263 e. The van der Waals surface area contributed by atoms with E-state index in [1.54, 1.807) is 15.9 Å². The third-order valence-corrected chi connectivity index (χ3v) is 8.03. The molecule has 1 fully saturated rings. The molecule has 0 aromatic carbocycles. The second kappa shape index (κ2) is 8.35. The highest BCUT2D eigenvalue weighted by molar-refractivity contribution is 7.99. The lowest BCUT2D eigenvalue weighted by Gasteiger charge is -2.34. The summed E-state index contributed by atoms with van der Waals surface area (Å²) in [5.74, 6) is 1.48. The zero-order valence-corrected chi connectivity index (χ0v) is 18.4. The largest absolute Gasteiger partial charge is 0.352 e. The van der Waals surface area contributed by atoms with Crippen molar-refractivity contribution in [2.75, 3.05) is 5.75 Å². The summed E-state index contributed by atoms with van der Waals surface area (Å²) < 4.78 is 1.69. The van der Waals surface area contributed by atoms with Crippen LogP contribution in [-0.2, 0) is 11.3 Å². The molecule has 5 nitrogen and oxygen atoms in total. The van der Waals surface area contributed by atoms with E-state index in [0.29, 0.717) is 29.3 Å². The minimum atomic E-state index is 0.00184. The van der Waals surface area contributed by atoms with Crippen LogP contribution in [0.15, 0.2) is 9.95 Å². The molecule has 1 aliphatic rings. The summed E-state index contributed by atoms with van der Waals surface area (Å²) in [6, 6.07) is 0.258. The Morgan fingerprint density at radius 1 is 1.33 bits per heavy atom. The topological polar surface area (TPSA) is 64.0 Å². The van der Waals surface area contributed by atoms with E-state index < -0.39 is 0 Å². The van der Waals surface area contributed by atoms with Crippen molar-refractivity contribution in [1.82, 2.24) is 14.9 Å². The summed E-state index contributed by atoms with van der Waals surface area (Å²) in [5, 5.41) is 4.56. The maximum absolute atomic E-state index is 12.9. The van der Waals surface area contributed by atoms with Crippen molar-refractivity contribution in [3.05, 3.63) is 20.8 Å². The molecule has 1 amide bonds. The first kappa shape index (κ1) is 20.4. The Labute approximate surface area is 169 Å². The molecule has 1 N–H and O–H groups in total. The molecule has 0 spiro atoms. The van der Waals surface area contributed by atoms with Crippen LogP contribution in [0.1, 0.15) is 50.5 Å². The van der Waals surface area contributed by atoms with Gasteiger partial charge in [0.2, 0.25) is 5.91 Å². The Morgan fingerprint density at radius 3 is 2.78 bits per heavy atom. The number of aromatic nitrogens is 2. The SMILES string of the molecule is CCn1c(SCC(=O)NC2CCCC(C)C2C)nc2sc(C)c(C)c2c1=O. The highest BCUT2D eigenvalue weighted by Gasteiger charge is 2.28. The zero-order valence-electron chi connectivity index (χ0n) is 16.8. The van der Waals surface area contributed by atoms with Gasteiger partial charge in [0, 0.05) is 17.5 Å². The molecule has 27 heavy (non-hydrogen) atoms. The van der Waals surface area contributed by atoms with Crippen molar-refractivity contribution in [3.63, 3.8) is 0 Å². The average molecular weight is 408 g/mol. The van der Waals surface area contributed by atoms with Gasteiger partial charge < -0.3 is 5.32 Å². The molecule has 2 heterocycles. The first-order valence-corrected chi connectivity index (χ1v) is 11.6. The molecule has 2 aromatic rings. The fourth-order valence-corrected chi connectivity index (χ4v) is 5.81. The number of amides is 1. The van der Waals surface area contributed by atoms with Crippen LogP contribution in [0, 0.1) is 25.7 Å². The summed E-state index contributed by atoms with van der Waals surface area (Å²) in [5.41, 5.74) is 1.02. The van der Waals surface area contributed by atoms with Crippen molar-refractivity contribution in [2.24, 2.45) is 11.8 Å². The molecule has 2 aromatic heterocycles. The van der Waals surface area contributed by atoms with E-state index in [2.05, 4.69) is 19.2 Å². The van der Waals surface area contributed by atoms with Crippen molar-refractivity contribution in [1.29, 1.82) is 0 Å². The number of fused-ring (bicyclic) bond motifs is 1. The van der Waals surface area contributed by atoms with Gasteiger partial charge in [-0.1, -0.05) is 38.5 Å². The highest BCUT2D eigenvalue weighted by Crippen LogP contribution is 2.30. The predicted octanol–water partition coefficient (Wildman–Crippen LogP) is 4.13. The van der Waals surface area contributed by atoms with E-state index in [-0.39, 0.29) is 17.5 Å². The standard InChI is InChI=1S/C20H29N3O2S2/c1-6-23-19(25)17-13(4)14(5)27-18(17)22-20(23)26-10-16(24)21-15-9-7-8-11(2)12(15)3/h11-12,15H,6-10H2,1-5H3,(H,21,24). The molecule has 3 unspecified atom stereocenters. The second-order valence-electron chi connectivity index (χ2n) is 7.64. The monoisotopic (exact) mass is 407 g/mol. The molecule has 1 saturated carbocycles. The third kappa shape index (κ3) is 4.09. The molecule has 3 atom stereocenters. The Kier molecular flexibility index (Phi) is 6.31. The van der Waals surface area contributed by atoms with Gasteiger partial charge in [-0.3, -0.25) is 14.2 Å². The van der Waals surface area contributed by atoms with Crippen LogP contribution >= 0.6 is 23.1 Å². The van der Waals surface area contributed by atoms with Gasteiger partial charge in [0.1, 0.15) is 4.83 Å². The van der Waals surface area contributed by atoms with E-state index in [9.17, 15) is 9.59 Å². The molecular formula is C20H29N3O2S2. The molecule has 0 radical (unpaired) electrons. The Hall–Kier alpha value is -1.34. The second-order valence-corrected chi connectivity index (χ2v) is 9.78. The van der Waals surface area contributed by atoms with Crippen molar-refractivity contribution in [3.8, 4) is 0 Å². The molecule has 0 bridgehead atoms. The number of hydrogen-bond acceptors (Lipinski definition) is 5. The summed E-state index contributed by atoms with van der Waals surface area (Å²) in [7, 11) is 0. The third-order valence-electron chi connectivity index (χ3n) is 5.96. The molecule has 0 saturated heterocycles. The molecule has 148 valence electrons. The Balaban J connectivity index is 1.74. The number of thioether (sulfide) groups is 1. The number of carbonyl (C=O) groups is 1. The Morgan fingerprint density at radius 2 is 2.07 bits per heavy atom. The Bertz CT molecular complexity index is 903. The lowest BCUT2D eigenvalue weighted by atomic mass is 9.78. The van der Waals surface area contributed by atoms with Gasteiger partial charge in [-0.2, -0.15) is 0 Å². The van der Waals surface area contributed by atoms with E-state index in [1.807, 2.05) is 20.8 Å². The summed E-state index contributed by atoms with van der Waals surface area (Å²) in [6.07, 6.45) is 3.47. The predicted molar refractivity (Wildman–Crippen MR) is 114 cm³/mol. The fraction of sp³-hybridized carbons (Fsp3) is 0.650. The molecule has 3 rings (SSSR count). The van der Waals surface area contributed by atoms with Crippen LogP contribution in [-0.4, -0.2) is 27.3 Å². The maximum Gasteiger partial charge on any atom is 0.263 e. The first-order valence-electron chi connectivity index (χ1n) is 9.76. The molecule has 0 aliphatic heterocycles. The maximum atomic E-state index is 12.9. The number of aryl methyl sites for hydroxylation is 2. The van der Waals surface area contributed by atoms with Gasteiger partial charge >= 0.3 is 0 Å². The lowest BCUT2D eigenvalue weighted by Crippen LogP contribution is -2.44. The van der Waals surface area contributed by atoms with Gasteiger partial charge in [-0.15, -0.1) is 11.3 Å². The van der Waals surface area contributed by atoms with Gasteiger partial charge in [0.05, 0.1) is 11.1 Å². The number of hydrogen-bond donors (Lipinski definition) is 1. The first-order chi connectivity index (χ1) is 12.8. The average Bonchev–Trinajstić information content (AvgIpc) is 2.91. The summed E-state index contributed by atoms with van der Waals surface area (Å²) >= 11 is 2.91. The van der Waals surface area contributed by atoms with Crippen molar-refractivity contribution < 1.29 is 4.79 Å². The summed E-state index contributed by atoms with van der Waals surface area (Å²) in [4.78, 5) is 32.0. The van der Waals surface area contributed by atoms with Crippen LogP contribution in [0.5, 0.6) is 0 Å². The normalized spacial score (nSPS) is 22.9. The van der Waals surface area contributed by atoms with Crippen LogP contribution in [0.2, 0.25) is 0 Å². The van der Waals surface area contributed by atoms with E-state index in [4.69, 9.17) is 4.98 Å². The van der Waals surface area contributed by atoms with Gasteiger partial charge in [0.15, 0.2) is 5.16 Å². The molecule has 7 heteroatoms. The summed E-state index contributed by atoms with van der Waals surface area (Å²) in [6.45, 7) is 11.0. The number of thiophene rings is 1. The number of nitrogens with one attached hydrogen (secondary N) is 1. The fourth-order valence-electron chi connectivity index (χ4n) is 3.86. The highest BCUT2D eigenvalue weighted by atomic mass is 32.2. The van der Waals surface area contributed by atoms with E-state index in [1.165, 1.54) is 24.6 Å². The van der Waals surface area contributed by atoms with Crippen LogP contribution in [0.3, 0.4) is 0 Å². The molecule has 1 aliphatic carbocycles. The van der Waals surface area contributed by atoms with Crippen LogP contribution in [0.25, 0.3) is 10.2 Å². The number of nitrogens with zero attached hydrogens (tertiary/aromatic N) is 2. The van der Waals surface area contributed by atoms with Crippen molar-refractivity contribution in [2.45, 2.75) is 71.6 Å².